The molecular weight excluding hydrogens is 326 g/mol. The zero-order valence-corrected chi connectivity index (χ0v) is 16.6. The molecule has 0 spiro atoms. The van der Waals surface area contributed by atoms with Crippen LogP contribution in [0.2, 0.25) is 0 Å². The average Bonchev–Trinajstić information content (AvgIpc) is 2.71. The SMILES string of the molecule is CC1(C)CC(C)(C)[n+]2c(ccc3ccccc32)-c2c1ccc1ccccc21. The van der Waals surface area contributed by atoms with Crippen LogP contribution >= 0.6 is 0 Å². The summed E-state index contributed by atoms with van der Waals surface area (Å²) in [4.78, 5) is 0. The molecule has 1 nitrogen and oxygen atoms in total. The second-order valence-corrected chi connectivity index (χ2v) is 9.20. The molecule has 134 valence electrons. The normalized spacial score (nSPS) is 17.3. The maximum Gasteiger partial charge on any atom is 0.214 e. The largest absolute Gasteiger partial charge is 0.214 e. The third-order valence-corrected chi connectivity index (χ3v) is 6.23. The summed E-state index contributed by atoms with van der Waals surface area (Å²) in [5.41, 5.74) is 5.61. The fourth-order valence-corrected chi connectivity index (χ4v) is 5.42. The van der Waals surface area contributed by atoms with Crippen molar-refractivity contribution >= 4 is 21.7 Å². The van der Waals surface area contributed by atoms with Gasteiger partial charge in [0, 0.05) is 37.8 Å². The Labute approximate surface area is 161 Å². The predicted octanol–water partition coefficient (Wildman–Crippen LogP) is 6.36. The second-order valence-electron chi connectivity index (χ2n) is 9.20. The summed E-state index contributed by atoms with van der Waals surface area (Å²) >= 11 is 0. The van der Waals surface area contributed by atoms with Gasteiger partial charge in [0.1, 0.15) is 0 Å². The molecule has 1 aliphatic heterocycles. The van der Waals surface area contributed by atoms with Crippen molar-refractivity contribution in [2.75, 3.05) is 0 Å². The van der Waals surface area contributed by atoms with Crippen molar-refractivity contribution < 1.29 is 4.57 Å². The number of fused-ring (bicyclic) bond motifs is 7. The first-order valence-electron chi connectivity index (χ1n) is 9.85. The summed E-state index contributed by atoms with van der Waals surface area (Å²) in [6.07, 6.45) is 1.09. The highest BCUT2D eigenvalue weighted by molar-refractivity contribution is 5.98. The molecule has 0 saturated heterocycles. The second kappa shape index (κ2) is 5.42. The van der Waals surface area contributed by atoms with Crippen molar-refractivity contribution in [3.05, 3.63) is 78.4 Å². The van der Waals surface area contributed by atoms with E-state index in [2.05, 4.69) is 105 Å². The minimum atomic E-state index is 0.0137. The standard InChI is InChI=1S/C26H26N/c1-25(2)17-26(3,4)27-22-12-8-6-10-19(22)14-16-23(27)24-20-11-7-5-9-18(20)13-15-21(24)25/h5-16H,17H2,1-4H3/q+1. The number of para-hydroxylation sites is 1. The topological polar surface area (TPSA) is 3.88 Å². The van der Waals surface area contributed by atoms with Crippen molar-refractivity contribution in [2.45, 2.75) is 45.1 Å². The van der Waals surface area contributed by atoms with E-state index in [1.807, 2.05) is 0 Å². The van der Waals surface area contributed by atoms with E-state index in [9.17, 15) is 0 Å². The fraction of sp³-hybridized carbons (Fsp3) is 0.269. The number of aromatic nitrogens is 1. The Kier molecular flexibility index (Phi) is 3.31. The van der Waals surface area contributed by atoms with E-state index in [1.54, 1.807) is 0 Å². The number of hydrogen-bond donors (Lipinski definition) is 0. The summed E-state index contributed by atoms with van der Waals surface area (Å²) in [5.74, 6) is 0. The molecule has 0 saturated carbocycles. The summed E-state index contributed by atoms with van der Waals surface area (Å²) in [7, 11) is 0. The lowest BCUT2D eigenvalue weighted by Gasteiger charge is -2.30. The number of hydrogen-bond acceptors (Lipinski definition) is 0. The first-order chi connectivity index (χ1) is 12.9. The lowest BCUT2D eigenvalue weighted by Crippen LogP contribution is -2.55. The van der Waals surface area contributed by atoms with Crippen LogP contribution in [0, 0.1) is 0 Å². The van der Waals surface area contributed by atoms with Crippen LogP contribution in [0.5, 0.6) is 0 Å². The quantitative estimate of drug-likeness (QED) is 0.324. The third kappa shape index (κ3) is 2.34. The van der Waals surface area contributed by atoms with Gasteiger partial charge in [0.25, 0.3) is 0 Å². The van der Waals surface area contributed by atoms with Crippen LogP contribution in [-0.4, -0.2) is 0 Å². The zero-order valence-electron chi connectivity index (χ0n) is 16.6. The van der Waals surface area contributed by atoms with Crippen LogP contribution in [0.25, 0.3) is 32.9 Å². The van der Waals surface area contributed by atoms with Gasteiger partial charge in [0.05, 0.1) is 5.56 Å². The van der Waals surface area contributed by atoms with Crippen molar-refractivity contribution in [3.63, 3.8) is 0 Å². The minimum Gasteiger partial charge on any atom is -0.186 e. The zero-order chi connectivity index (χ0) is 18.8. The van der Waals surface area contributed by atoms with Gasteiger partial charge in [-0.3, -0.25) is 0 Å². The molecule has 3 aromatic carbocycles. The highest BCUT2D eigenvalue weighted by atomic mass is 15.1. The molecule has 0 N–H and O–H groups in total. The molecule has 27 heavy (non-hydrogen) atoms. The number of rotatable bonds is 0. The van der Waals surface area contributed by atoms with Gasteiger partial charge in [0.2, 0.25) is 11.2 Å². The molecule has 0 atom stereocenters. The highest BCUT2D eigenvalue weighted by Gasteiger charge is 2.45. The van der Waals surface area contributed by atoms with Gasteiger partial charge < -0.3 is 0 Å². The van der Waals surface area contributed by atoms with E-state index in [1.165, 1.54) is 38.5 Å². The Balaban J connectivity index is 2.03. The third-order valence-electron chi connectivity index (χ3n) is 6.23. The number of nitrogens with zero attached hydrogens (tertiary/aromatic N) is 1. The molecule has 0 fully saturated rings. The Morgan fingerprint density at radius 2 is 1.37 bits per heavy atom. The van der Waals surface area contributed by atoms with Crippen LogP contribution in [0.3, 0.4) is 0 Å². The lowest BCUT2D eigenvalue weighted by atomic mass is 9.74. The van der Waals surface area contributed by atoms with Gasteiger partial charge >= 0.3 is 0 Å². The van der Waals surface area contributed by atoms with Crippen molar-refractivity contribution in [3.8, 4) is 11.3 Å². The Hall–Kier alpha value is -2.67. The predicted molar refractivity (Wildman–Crippen MR) is 114 cm³/mol. The molecule has 0 aliphatic carbocycles. The summed E-state index contributed by atoms with van der Waals surface area (Å²) < 4.78 is 2.59. The van der Waals surface area contributed by atoms with Crippen LogP contribution in [0.4, 0.5) is 0 Å². The molecule has 1 aliphatic rings. The van der Waals surface area contributed by atoms with Gasteiger partial charge in [-0.1, -0.05) is 62.4 Å². The van der Waals surface area contributed by atoms with E-state index >= 15 is 0 Å². The maximum absolute atomic E-state index is 2.59. The Morgan fingerprint density at radius 1 is 0.704 bits per heavy atom. The van der Waals surface area contributed by atoms with Gasteiger partial charge in [-0.05, 0) is 33.9 Å². The fourth-order valence-electron chi connectivity index (χ4n) is 5.42. The molecule has 5 rings (SSSR count). The summed E-state index contributed by atoms with van der Waals surface area (Å²) in [5, 5.41) is 3.96. The summed E-state index contributed by atoms with van der Waals surface area (Å²) in [6.45, 7) is 9.57. The van der Waals surface area contributed by atoms with Crippen LogP contribution in [0.15, 0.2) is 72.8 Å². The van der Waals surface area contributed by atoms with Gasteiger partial charge in [-0.15, -0.1) is 0 Å². The Bertz CT molecular complexity index is 1200. The first kappa shape index (κ1) is 16.5. The summed E-state index contributed by atoms with van der Waals surface area (Å²) in [6, 6.07) is 26.8. The van der Waals surface area contributed by atoms with E-state index in [0.29, 0.717) is 0 Å². The van der Waals surface area contributed by atoms with Gasteiger partial charge in [-0.25, -0.2) is 0 Å². The van der Waals surface area contributed by atoms with Crippen LogP contribution in [-0.2, 0) is 11.0 Å². The highest BCUT2D eigenvalue weighted by Crippen LogP contribution is 2.45. The molecule has 0 unspecified atom stereocenters. The van der Waals surface area contributed by atoms with E-state index < -0.39 is 0 Å². The minimum absolute atomic E-state index is 0.0137. The molecule has 1 aromatic heterocycles. The van der Waals surface area contributed by atoms with E-state index in [0.717, 1.165) is 6.42 Å². The van der Waals surface area contributed by atoms with Gasteiger partial charge in [0.15, 0.2) is 5.54 Å². The number of pyridine rings is 1. The average molecular weight is 353 g/mol. The molecule has 4 aromatic rings. The van der Waals surface area contributed by atoms with Crippen molar-refractivity contribution in [2.24, 2.45) is 0 Å². The lowest BCUT2D eigenvalue weighted by molar-refractivity contribution is -0.726. The molecule has 0 radical (unpaired) electrons. The molecule has 1 heteroatoms. The first-order valence-corrected chi connectivity index (χ1v) is 9.85. The smallest absolute Gasteiger partial charge is 0.186 e. The molecule has 0 bridgehead atoms. The van der Waals surface area contributed by atoms with E-state index in [4.69, 9.17) is 0 Å². The van der Waals surface area contributed by atoms with Crippen LogP contribution < -0.4 is 4.57 Å². The van der Waals surface area contributed by atoms with Gasteiger partial charge in [-0.2, -0.15) is 4.57 Å². The van der Waals surface area contributed by atoms with Crippen molar-refractivity contribution in [1.29, 1.82) is 0 Å². The molecule has 0 amide bonds. The molecular formula is C26H26N+. The van der Waals surface area contributed by atoms with Crippen molar-refractivity contribution in [1.82, 2.24) is 0 Å². The molecule has 2 heterocycles. The monoisotopic (exact) mass is 352 g/mol. The maximum atomic E-state index is 2.59. The van der Waals surface area contributed by atoms with Crippen LogP contribution in [0.1, 0.15) is 39.7 Å². The number of benzene rings is 3. The Morgan fingerprint density at radius 3 is 2.19 bits per heavy atom. The van der Waals surface area contributed by atoms with E-state index in [-0.39, 0.29) is 11.0 Å².